The van der Waals surface area contributed by atoms with E-state index in [1.165, 1.54) is 0 Å². The molecule has 0 spiro atoms. The number of nitrogens with zero attached hydrogens (tertiary/aromatic N) is 1. The van der Waals surface area contributed by atoms with Crippen LogP contribution in [0, 0.1) is 0 Å². The first-order valence-electron chi connectivity index (χ1n) is 7.92. The summed E-state index contributed by atoms with van der Waals surface area (Å²) in [6.07, 6.45) is 1.69. The minimum absolute atomic E-state index is 0.410. The molecule has 0 bridgehead atoms. The van der Waals surface area contributed by atoms with E-state index in [1.807, 2.05) is 52.0 Å². The zero-order valence-electron chi connectivity index (χ0n) is 14.4. The molecule has 6 heteroatoms. The Morgan fingerprint density at radius 2 is 1.71 bits per heavy atom. The fraction of sp³-hybridized carbons (Fsp3) is 0.333. The Morgan fingerprint density at radius 1 is 1.08 bits per heavy atom. The van der Waals surface area contributed by atoms with Gasteiger partial charge in [0.25, 0.3) is 0 Å². The molecule has 0 unspecified atom stereocenters. The van der Waals surface area contributed by atoms with Crippen LogP contribution in [-0.4, -0.2) is 29.2 Å². The molecular weight excluding hydrogens is 303 g/mol. The predicted molar refractivity (Wildman–Crippen MR) is 93.9 cm³/mol. The summed E-state index contributed by atoms with van der Waals surface area (Å²) >= 11 is 0. The molecule has 0 radical (unpaired) electrons. The van der Waals surface area contributed by atoms with Crippen LogP contribution < -0.4 is 11.2 Å². The maximum atomic E-state index is 11.7. The van der Waals surface area contributed by atoms with Crippen molar-refractivity contribution in [2.75, 3.05) is 0 Å². The van der Waals surface area contributed by atoms with Gasteiger partial charge in [0.05, 0.1) is 16.9 Å². The highest BCUT2D eigenvalue weighted by molar-refractivity contribution is 6.62. The largest absolute Gasteiger partial charge is 0.494 e. The van der Waals surface area contributed by atoms with Gasteiger partial charge in [0.15, 0.2) is 0 Å². The maximum Gasteiger partial charge on any atom is 0.494 e. The molecule has 1 amide bonds. The van der Waals surface area contributed by atoms with Gasteiger partial charge in [-0.2, -0.15) is 0 Å². The molecule has 2 aromatic rings. The van der Waals surface area contributed by atoms with Crippen LogP contribution in [0.2, 0.25) is 0 Å². The number of nitrogens with two attached hydrogens (primary N) is 1. The quantitative estimate of drug-likeness (QED) is 0.878. The Morgan fingerprint density at radius 3 is 2.33 bits per heavy atom. The number of pyridine rings is 1. The van der Waals surface area contributed by atoms with Crippen molar-refractivity contribution in [3.63, 3.8) is 0 Å². The monoisotopic (exact) mass is 324 g/mol. The van der Waals surface area contributed by atoms with E-state index in [9.17, 15) is 4.79 Å². The van der Waals surface area contributed by atoms with Crippen molar-refractivity contribution in [1.82, 2.24) is 4.98 Å². The van der Waals surface area contributed by atoms with Crippen molar-refractivity contribution in [2.24, 2.45) is 5.73 Å². The highest BCUT2D eigenvalue weighted by Gasteiger charge is 2.51. The summed E-state index contributed by atoms with van der Waals surface area (Å²) in [5.74, 6) is -0.478. The van der Waals surface area contributed by atoms with E-state index in [1.54, 1.807) is 18.3 Å². The molecule has 5 nitrogen and oxygen atoms in total. The van der Waals surface area contributed by atoms with Gasteiger partial charge < -0.3 is 15.0 Å². The third kappa shape index (κ3) is 2.83. The number of hydrogen-bond donors (Lipinski definition) is 1. The lowest BCUT2D eigenvalue weighted by atomic mass is 9.79. The Labute approximate surface area is 142 Å². The van der Waals surface area contributed by atoms with Crippen molar-refractivity contribution in [1.29, 1.82) is 0 Å². The fourth-order valence-corrected chi connectivity index (χ4v) is 2.64. The van der Waals surface area contributed by atoms with Crippen molar-refractivity contribution in [3.8, 4) is 11.3 Å². The maximum absolute atomic E-state index is 11.7. The summed E-state index contributed by atoms with van der Waals surface area (Å²) < 4.78 is 12.2. The minimum Gasteiger partial charge on any atom is -0.399 e. The number of carbonyl (C=O) groups is 1. The predicted octanol–water partition coefficient (Wildman–Crippen LogP) is 2.15. The van der Waals surface area contributed by atoms with E-state index in [0.29, 0.717) is 16.8 Å². The molecule has 1 fully saturated rings. The molecule has 24 heavy (non-hydrogen) atoms. The van der Waals surface area contributed by atoms with Crippen LogP contribution in [0.4, 0.5) is 0 Å². The summed E-state index contributed by atoms with van der Waals surface area (Å²) in [5.41, 5.74) is 7.31. The van der Waals surface area contributed by atoms with Crippen LogP contribution in [0.1, 0.15) is 38.1 Å². The van der Waals surface area contributed by atoms with Gasteiger partial charge in [0, 0.05) is 17.3 Å². The SMILES string of the molecule is CC1(C)OB(c2ccnc(-c3ccccc3C(N)=O)c2)OC1(C)C. The lowest BCUT2D eigenvalue weighted by Crippen LogP contribution is -2.41. The number of amides is 1. The number of aromatic nitrogens is 1. The van der Waals surface area contributed by atoms with E-state index < -0.39 is 24.2 Å². The van der Waals surface area contributed by atoms with E-state index in [2.05, 4.69) is 4.98 Å². The van der Waals surface area contributed by atoms with Gasteiger partial charge in [-0.05, 0) is 51.4 Å². The van der Waals surface area contributed by atoms with Crippen LogP contribution >= 0.6 is 0 Å². The van der Waals surface area contributed by atoms with Crippen molar-refractivity contribution in [2.45, 2.75) is 38.9 Å². The summed E-state index contributed by atoms with van der Waals surface area (Å²) in [7, 11) is -0.475. The first-order chi connectivity index (χ1) is 11.2. The zero-order valence-corrected chi connectivity index (χ0v) is 14.4. The average molecular weight is 324 g/mol. The normalized spacial score (nSPS) is 18.6. The Balaban J connectivity index is 1.99. The molecule has 1 aromatic carbocycles. The Hall–Kier alpha value is -2.18. The molecule has 124 valence electrons. The van der Waals surface area contributed by atoms with E-state index in [-0.39, 0.29) is 0 Å². The first-order valence-corrected chi connectivity index (χ1v) is 7.92. The molecule has 2 heterocycles. The minimum atomic E-state index is -0.478. The Bertz CT molecular complexity index is 773. The zero-order chi connectivity index (χ0) is 17.5. The Kier molecular flexibility index (Phi) is 3.97. The van der Waals surface area contributed by atoms with Gasteiger partial charge in [-0.25, -0.2) is 0 Å². The van der Waals surface area contributed by atoms with Crippen LogP contribution in [0.3, 0.4) is 0 Å². The van der Waals surface area contributed by atoms with E-state index in [0.717, 1.165) is 5.46 Å². The van der Waals surface area contributed by atoms with Crippen LogP contribution in [0.5, 0.6) is 0 Å². The molecule has 1 aromatic heterocycles. The summed E-state index contributed by atoms with van der Waals surface area (Å²) in [4.78, 5) is 16.0. The average Bonchev–Trinajstić information content (AvgIpc) is 2.75. The molecular formula is C18H21BN2O3. The molecule has 3 rings (SSSR count). The molecule has 0 atom stereocenters. The van der Waals surface area contributed by atoms with Crippen LogP contribution in [0.25, 0.3) is 11.3 Å². The van der Waals surface area contributed by atoms with Crippen LogP contribution in [-0.2, 0) is 9.31 Å². The number of primary amides is 1. The molecule has 1 aliphatic heterocycles. The van der Waals surface area contributed by atoms with Gasteiger partial charge in [-0.3, -0.25) is 9.78 Å². The van der Waals surface area contributed by atoms with E-state index >= 15 is 0 Å². The second-order valence-corrected chi connectivity index (χ2v) is 6.97. The van der Waals surface area contributed by atoms with Gasteiger partial charge in [-0.1, -0.05) is 18.2 Å². The van der Waals surface area contributed by atoms with Gasteiger partial charge in [0.1, 0.15) is 0 Å². The highest BCUT2D eigenvalue weighted by atomic mass is 16.7. The summed E-state index contributed by atoms with van der Waals surface area (Å²) in [5, 5.41) is 0. The fourth-order valence-electron chi connectivity index (χ4n) is 2.64. The summed E-state index contributed by atoms with van der Waals surface area (Å²) in [6, 6.07) is 10.9. The van der Waals surface area contributed by atoms with Gasteiger partial charge in [-0.15, -0.1) is 0 Å². The third-order valence-electron chi connectivity index (χ3n) is 4.78. The van der Waals surface area contributed by atoms with Gasteiger partial charge in [0.2, 0.25) is 5.91 Å². The van der Waals surface area contributed by atoms with Crippen molar-refractivity contribution < 1.29 is 14.1 Å². The lowest BCUT2D eigenvalue weighted by molar-refractivity contribution is 0.00578. The topological polar surface area (TPSA) is 74.4 Å². The third-order valence-corrected chi connectivity index (χ3v) is 4.78. The van der Waals surface area contributed by atoms with Crippen molar-refractivity contribution in [3.05, 3.63) is 48.2 Å². The number of benzene rings is 1. The van der Waals surface area contributed by atoms with Gasteiger partial charge >= 0.3 is 7.12 Å². The molecule has 0 aliphatic carbocycles. The lowest BCUT2D eigenvalue weighted by Gasteiger charge is -2.32. The first kappa shape index (κ1) is 16.7. The second-order valence-electron chi connectivity index (χ2n) is 6.97. The van der Waals surface area contributed by atoms with Crippen molar-refractivity contribution >= 4 is 18.5 Å². The molecule has 2 N–H and O–H groups in total. The smallest absolute Gasteiger partial charge is 0.399 e. The number of hydrogen-bond acceptors (Lipinski definition) is 4. The molecule has 0 saturated carbocycles. The number of carbonyl (C=O) groups excluding carboxylic acids is 1. The second kappa shape index (κ2) is 5.72. The standard InChI is InChI=1S/C18H21BN2O3/c1-17(2)18(3,4)24-19(23-17)12-9-10-21-15(11-12)13-7-5-6-8-14(13)16(20)22/h5-11H,1-4H3,(H2,20,22). The van der Waals surface area contributed by atoms with Crippen LogP contribution in [0.15, 0.2) is 42.6 Å². The summed E-state index contributed by atoms with van der Waals surface area (Å²) in [6.45, 7) is 8.05. The van der Waals surface area contributed by atoms with E-state index in [4.69, 9.17) is 15.0 Å². The number of rotatable bonds is 3. The highest BCUT2D eigenvalue weighted by Crippen LogP contribution is 2.36. The molecule has 1 saturated heterocycles. The molecule has 1 aliphatic rings.